The molecule has 0 saturated carbocycles. The average molecular weight is 229 g/mol. The van der Waals surface area contributed by atoms with Crippen molar-refractivity contribution in [1.82, 2.24) is 0 Å². The van der Waals surface area contributed by atoms with Gasteiger partial charge < -0.3 is 0 Å². The van der Waals surface area contributed by atoms with Crippen LogP contribution in [0.25, 0.3) is 5.57 Å². The van der Waals surface area contributed by atoms with Gasteiger partial charge in [-0.1, -0.05) is 43.7 Å². The Bertz CT molecular complexity index is 452. The predicted octanol–water partition coefficient (Wildman–Crippen LogP) is 3.64. The maximum Gasteiger partial charge on any atom is 0.182 e. The van der Waals surface area contributed by atoms with Crippen molar-refractivity contribution in [3.8, 4) is 0 Å². The first-order chi connectivity index (χ1) is 7.91. The third kappa shape index (κ3) is 3.66. The number of carbonyl (C=O) groups is 1. The second-order valence-corrected chi connectivity index (χ2v) is 4.63. The van der Waals surface area contributed by atoms with Gasteiger partial charge in [-0.05, 0) is 31.1 Å². The molecule has 1 rings (SSSR count). The summed E-state index contributed by atoms with van der Waals surface area (Å²) in [6.45, 7) is 7.58. The fraction of sp³-hybridized carbons (Fsp3) is 0.333. The smallest absolute Gasteiger partial charge is 0.182 e. The molecule has 0 spiro atoms. The number of hydrogen-bond acceptors (Lipinski definition) is 2. The largest absolute Gasteiger partial charge is 0.297 e. The van der Waals surface area contributed by atoms with E-state index in [9.17, 15) is 4.79 Å². The molecule has 1 aromatic carbocycles. The second-order valence-electron chi connectivity index (χ2n) is 4.63. The molecule has 0 aliphatic rings. The van der Waals surface area contributed by atoms with E-state index in [1.165, 1.54) is 5.56 Å². The molecule has 0 fully saturated rings. The Labute approximate surface area is 103 Å². The van der Waals surface area contributed by atoms with E-state index in [0.29, 0.717) is 0 Å². The summed E-state index contributed by atoms with van der Waals surface area (Å²) in [4.78, 5) is 11.6. The minimum absolute atomic E-state index is 0.0816. The van der Waals surface area contributed by atoms with Crippen molar-refractivity contribution >= 4 is 17.1 Å². The Morgan fingerprint density at radius 3 is 2.24 bits per heavy atom. The highest BCUT2D eigenvalue weighted by Crippen LogP contribution is 2.14. The van der Waals surface area contributed by atoms with Crippen LogP contribution in [0.5, 0.6) is 0 Å². The third-order valence-electron chi connectivity index (χ3n) is 2.66. The molecule has 2 heteroatoms. The summed E-state index contributed by atoms with van der Waals surface area (Å²) in [6.07, 6.45) is 1.65. The lowest BCUT2D eigenvalue weighted by Gasteiger charge is -2.05. The molecule has 0 heterocycles. The Kier molecular flexibility index (Phi) is 4.38. The highest BCUT2D eigenvalue weighted by molar-refractivity contribution is 6.44. The quantitative estimate of drug-likeness (QED) is 0.787. The molecule has 2 nitrogen and oxygen atoms in total. The molecular weight excluding hydrogens is 210 g/mol. The zero-order valence-electron chi connectivity index (χ0n) is 10.9. The van der Waals surface area contributed by atoms with Crippen molar-refractivity contribution in [1.29, 1.82) is 5.41 Å². The number of rotatable bonds is 4. The molecule has 0 aliphatic carbocycles. The van der Waals surface area contributed by atoms with Crippen LogP contribution in [-0.2, 0) is 4.79 Å². The van der Waals surface area contributed by atoms with Gasteiger partial charge in [-0.3, -0.25) is 10.2 Å². The van der Waals surface area contributed by atoms with E-state index in [1.54, 1.807) is 6.08 Å². The van der Waals surface area contributed by atoms with E-state index in [0.717, 1.165) is 11.1 Å². The van der Waals surface area contributed by atoms with Crippen molar-refractivity contribution in [2.24, 2.45) is 5.92 Å². The van der Waals surface area contributed by atoms with E-state index in [1.807, 2.05) is 52.0 Å². The zero-order valence-corrected chi connectivity index (χ0v) is 10.9. The minimum Gasteiger partial charge on any atom is -0.297 e. The minimum atomic E-state index is -0.121. The van der Waals surface area contributed by atoms with Crippen LogP contribution >= 0.6 is 0 Å². The molecule has 0 radical (unpaired) electrons. The molecule has 1 aromatic rings. The van der Waals surface area contributed by atoms with Crippen molar-refractivity contribution in [3.05, 3.63) is 41.5 Å². The summed E-state index contributed by atoms with van der Waals surface area (Å²) < 4.78 is 0. The molecule has 0 atom stereocenters. The summed E-state index contributed by atoms with van der Waals surface area (Å²) >= 11 is 0. The number of allylic oxidation sites excluding steroid dienone is 2. The van der Waals surface area contributed by atoms with Crippen LogP contribution in [0.2, 0.25) is 0 Å². The molecule has 0 unspecified atom stereocenters. The third-order valence-corrected chi connectivity index (χ3v) is 2.66. The van der Waals surface area contributed by atoms with Gasteiger partial charge in [-0.15, -0.1) is 0 Å². The monoisotopic (exact) mass is 229 g/mol. The molecule has 0 aromatic heterocycles. The summed E-state index contributed by atoms with van der Waals surface area (Å²) in [5.74, 6) is -0.235. The van der Waals surface area contributed by atoms with E-state index < -0.39 is 0 Å². The van der Waals surface area contributed by atoms with Crippen molar-refractivity contribution in [2.45, 2.75) is 27.7 Å². The SMILES string of the molecule is C/C(=C\C(=N)C(=O)C(C)C)c1ccc(C)cc1. The van der Waals surface area contributed by atoms with Crippen molar-refractivity contribution in [2.75, 3.05) is 0 Å². The zero-order chi connectivity index (χ0) is 13.0. The highest BCUT2D eigenvalue weighted by Gasteiger charge is 2.11. The lowest BCUT2D eigenvalue weighted by molar-refractivity contribution is -0.115. The molecular formula is C15H19NO. The van der Waals surface area contributed by atoms with E-state index >= 15 is 0 Å². The first kappa shape index (κ1) is 13.4. The lowest BCUT2D eigenvalue weighted by atomic mass is 10.00. The Morgan fingerprint density at radius 2 is 1.76 bits per heavy atom. The van der Waals surface area contributed by atoms with Gasteiger partial charge in [0.25, 0.3) is 0 Å². The molecule has 0 saturated heterocycles. The van der Waals surface area contributed by atoms with Crippen LogP contribution in [0, 0.1) is 18.3 Å². The van der Waals surface area contributed by atoms with Gasteiger partial charge >= 0.3 is 0 Å². The van der Waals surface area contributed by atoms with Crippen molar-refractivity contribution < 1.29 is 4.79 Å². The summed E-state index contributed by atoms with van der Waals surface area (Å²) in [5, 5.41) is 7.72. The van der Waals surface area contributed by atoms with Crippen LogP contribution in [0.3, 0.4) is 0 Å². The van der Waals surface area contributed by atoms with Crippen LogP contribution in [0.15, 0.2) is 30.3 Å². The van der Waals surface area contributed by atoms with Crippen molar-refractivity contribution in [3.63, 3.8) is 0 Å². The van der Waals surface area contributed by atoms with Gasteiger partial charge in [0.1, 0.15) is 0 Å². The number of ketones is 1. The normalized spacial score (nSPS) is 11.7. The molecule has 1 N–H and O–H groups in total. The number of carbonyl (C=O) groups excluding carboxylic acids is 1. The van der Waals surface area contributed by atoms with E-state index in [4.69, 9.17) is 5.41 Å². The molecule has 17 heavy (non-hydrogen) atoms. The van der Waals surface area contributed by atoms with Crippen LogP contribution in [0.1, 0.15) is 31.9 Å². The number of nitrogens with one attached hydrogen (secondary N) is 1. The topological polar surface area (TPSA) is 40.9 Å². The fourth-order valence-electron chi connectivity index (χ4n) is 1.50. The summed E-state index contributed by atoms with van der Waals surface area (Å²) in [5.41, 5.74) is 3.29. The molecule has 90 valence electrons. The highest BCUT2D eigenvalue weighted by atomic mass is 16.1. The van der Waals surface area contributed by atoms with Gasteiger partial charge in [0, 0.05) is 5.92 Å². The number of benzene rings is 1. The molecule has 0 bridgehead atoms. The summed E-state index contributed by atoms with van der Waals surface area (Å²) in [7, 11) is 0. The fourth-order valence-corrected chi connectivity index (χ4v) is 1.50. The standard InChI is InChI=1S/C15H19NO/c1-10(2)15(17)14(16)9-12(4)13-7-5-11(3)6-8-13/h5-10,16H,1-4H3/b12-9+,16-14?. The number of hydrogen-bond donors (Lipinski definition) is 1. The first-order valence-electron chi connectivity index (χ1n) is 5.80. The van der Waals surface area contributed by atoms with Gasteiger partial charge in [-0.2, -0.15) is 0 Å². The summed E-state index contributed by atoms with van der Waals surface area (Å²) in [6, 6.07) is 8.07. The molecule has 0 amide bonds. The van der Waals surface area contributed by atoms with Gasteiger partial charge in [-0.25, -0.2) is 0 Å². The number of Topliss-reactive ketones (excluding diaryl/α,β-unsaturated/α-hetero) is 1. The predicted molar refractivity (Wildman–Crippen MR) is 72.4 cm³/mol. The van der Waals surface area contributed by atoms with E-state index in [-0.39, 0.29) is 17.4 Å². The maximum absolute atomic E-state index is 11.6. The molecule has 0 aliphatic heterocycles. The van der Waals surface area contributed by atoms with Crippen LogP contribution in [-0.4, -0.2) is 11.5 Å². The van der Waals surface area contributed by atoms with Gasteiger partial charge in [0.15, 0.2) is 5.78 Å². The average Bonchev–Trinajstić information content (AvgIpc) is 2.28. The Balaban J connectivity index is 2.89. The van der Waals surface area contributed by atoms with Crippen LogP contribution in [0.4, 0.5) is 0 Å². The Hall–Kier alpha value is -1.70. The van der Waals surface area contributed by atoms with E-state index in [2.05, 4.69) is 0 Å². The first-order valence-corrected chi connectivity index (χ1v) is 5.80. The second kappa shape index (κ2) is 5.58. The Morgan fingerprint density at radius 1 is 1.24 bits per heavy atom. The van der Waals surface area contributed by atoms with Gasteiger partial charge in [0.2, 0.25) is 0 Å². The van der Waals surface area contributed by atoms with Gasteiger partial charge in [0.05, 0.1) is 5.71 Å². The maximum atomic E-state index is 11.6. The van der Waals surface area contributed by atoms with Crippen LogP contribution < -0.4 is 0 Å². The lowest BCUT2D eigenvalue weighted by Crippen LogP contribution is -2.16. The number of aryl methyl sites for hydroxylation is 1.